The molecule has 4 heterocycles. The number of furan rings is 1. The van der Waals surface area contributed by atoms with Gasteiger partial charge < -0.3 is 19.4 Å². The topological polar surface area (TPSA) is 109 Å². The van der Waals surface area contributed by atoms with Gasteiger partial charge in [-0.05, 0) is 75.2 Å². The van der Waals surface area contributed by atoms with Gasteiger partial charge in [0.1, 0.15) is 11.5 Å². The molecule has 2 bridgehead atoms. The Morgan fingerprint density at radius 3 is 2.34 bits per heavy atom. The lowest BCUT2D eigenvalue weighted by molar-refractivity contribution is -0.274. The van der Waals surface area contributed by atoms with Crippen molar-refractivity contribution in [1.82, 2.24) is 10.2 Å². The zero-order valence-corrected chi connectivity index (χ0v) is 21.3. The zero-order valence-electron chi connectivity index (χ0n) is 20.4. The Morgan fingerprint density at radius 1 is 1.08 bits per heavy atom. The van der Waals surface area contributed by atoms with Crippen LogP contribution in [0.25, 0.3) is 11.3 Å². The largest absolute Gasteiger partial charge is 0.573 e. The first-order valence-corrected chi connectivity index (χ1v) is 13.3. The molecule has 1 aromatic heterocycles. The van der Waals surface area contributed by atoms with Crippen LogP contribution in [0.5, 0.6) is 5.75 Å². The van der Waals surface area contributed by atoms with E-state index < -0.39 is 16.5 Å². The van der Waals surface area contributed by atoms with Gasteiger partial charge in [0, 0.05) is 18.2 Å². The van der Waals surface area contributed by atoms with Crippen molar-refractivity contribution in [2.45, 2.75) is 37.1 Å². The Labute approximate surface area is 218 Å². The molecule has 204 valence electrons. The summed E-state index contributed by atoms with van der Waals surface area (Å²) in [6.07, 6.45) is -2.59. The standard InChI is InChI=1S/C19H19F3N2O3.C7H8O3S/c20-19(21,22)27-14-3-1-2-13(10-14)16-4-5-17(26-16)18(25)23-15-11-24-8-6-12(15)7-9-24;1-6-2-4-7(5-3-6)11(8,9)10/h1-5,10,12,15H,6-9,11H2,(H,23,25);2-5H,1H3,(H,8,9,10)/t15-;/m0./s1. The number of hydrogen-bond donors (Lipinski definition) is 2. The Balaban J connectivity index is 0.000000257. The number of amides is 1. The van der Waals surface area contributed by atoms with E-state index in [1.165, 1.54) is 36.4 Å². The molecule has 0 radical (unpaired) electrons. The molecule has 12 heteroatoms. The second kappa shape index (κ2) is 11.2. The minimum Gasteiger partial charge on any atom is -0.451 e. The smallest absolute Gasteiger partial charge is 0.451 e. The fourth-order valence-electron chi connectivity index (χ4n) is 4.54. The van der Waals surface area contributed by atoms with Crippen molar-refractivity contribution in [1.29, 1.82) is 0 Å². The Bertz CT molecular complexity index is 1360. The van der Waals surface area contributed by atoms with E-state index in [1.807, 2.05) is 6.92 Å². The van der Waals surface area contributed by atoms with Gasteiger partial charge in [0.05, 0.1) is 4.90 Å². The first-order chi connectivity index (χ1) is 17.9. The van der Waals surface area contributed by atoms with Gasteiger partial charge in [0.2, 0.25) is 0 Å². The molecular weight excluding hydrogens is 525 g/mol. The fraction of sp³-hybridized carbons (Fsp3) is 0.346. The number of carbonyl (C=O) groups is 1. The second-order valence-electron chi connectivity index (χ2n) is 9.25. The average Bonchev–Trinajstić information content (AvgIpc) is 3.35. The van der Waals surface area contributed by atoms with Crippen LogP contribution in [0.15, 0.2) is 70.0 Å². The summed E-state index contributed by atoms with van der Waals surface area (Å²) in [5.41, 5.74) is 1.36. The van der Waals surface area contributed by atoms with Crippen LogP contribution < -0.4 is 10.1 Å². The fourth-order valence-corrected chi connectivity index (χ4v) is 5.02. The number of nitrogens with one attached hydrogen (secondary N) is 1. The molecule has 1 atom stereocenters. The lowest BCUT2D eigenvalue weighted by Crippen LogP contribution is -2.57. The Hall–Kier alpha value is -3.35. The lowest BCUT2D eigenvalue weighted by atomic mass is 9.84. The number of aryl methyl sites for hydroxylation is 1. The SMILES string of the molecule is Cc1ccc(S(=O)(=O)O)cc1.O=C(N[C@H]1CN2CCC1CC2)c1ccc(-c2cccc(OC(F)(F)F)c2)o1. The summed E-state index contributed by atoms with van der Waals surface area (Å²) >= 11 is 0. The third-order valence-corrected chi connectivity index (χ3v) is 7.34. The van der Waals surface area contributed by atoms with Crippen LogP contribution in [0.3, 0.4) is 0 Å². The Morgan fingerprint density at radius 2 is 1.76 bits per heavy atom. The molecule has 0 unspecified atom stereocenters. The van der Waals surface area contributed by atoms with E-state index in [0.717, 1.165) is 38.0 Å². The van der Waals surface area contributed by atoms with Gasteiger partial charge in [-0.3, -0.25) is 9.35 Å². The van der Waals surface area contributed by atoms with Gasteiger partial charge in [-0.2, -0.15) is 8.42 Å². The number of halogens is 3. The highest BCUT2D eigenvalue weighted by Crippen LogP contribution is 2.30. The molecule has 0 saturated carbocycles. The number of hydrogen-bond acceptors (Lipinski definition) is 6. The molecule has 38 heavy (non-hydrogen) atoms. The first kappa shape index (κ1) is 27.7. The summed E-state index contributed by atoms with van der Waals surface area (Å²) in [5.74, 6) is 0.298. The summed E-state index contributed by atoms with van der Waals surface area (Å²) in [4.78, 5) is 14.8. The number of benzene rings is 2. The number of carbonyl (C=O) groups excluding carboxylic acids is 1. The number of nitrogens with zero attached hydrogens (tertiary/aromatic N) is 1. The van der Waals surface area contributed by atoms with Crippen molar-refractivity contribution >= 4 is 16.0 Å². The highest BCUT2D eigenvalue weighted by Gasteiger charge is 2.35. The van der Waals surface area contributed by atoms with Crippen LogP contribution in [0, 0.1) is 12.8 Å². The molecule has 3 saturated heterocycles. The number of ether oxygens (including phenoxy) is 1. The molecule has 2 aromatic carbocycles. The Kier molecular flexibility index (Phi) is 8.14. The normalized spacial score (nSPS) is 20.8. The highest BCUT2D eigenvalue weighted by molar-refractivity contribution is 7.85. The number of rotatable bonds is 5. The van der Waals surface area contributed by atoms with E-state index >= 15 is 0 Å². The van der Waals surface area contributed by atoms with Crippen LogP contribution in [-0.2, 0) is 10.1 Å². The third-order valence-electron chi connectivity index (χ3n) is 6.47. The van der Waals surface area contributed by atoms with Crippen LogP contribution >= 0.6 is 0 Å². The van der Waals surface area contributed by atoms with Gasteiger partial charge >= 0.3 is 6.36 Å². The monoisotopic (exact) mass is 552 g/mol. The maximum atomic E-state index is 12.5. The molecule has 3 aliphatic rings. The predicted octanol–water partition coefficient (Wildman–Crippen LogP) is 4.91. The van der Waals surface area contributed by atoms with E-state index in [1.54, 1.807) is 24.3 Å². The van der Waals surface area contributed by atoms with Crippen LogP contribution in [0.2, 0.25) is 0 Å². The predicted molar refractivity (Wildman–Crippen MR) is 132 cm³/mol. The summed E-state index contributed by atoms with van der Waals surface area (Å²) in [5, 5.41) is 3.03. The number of piperidine rings is 3. The molecule has 0 spiro atoms. The lowest BCUT2D eigenvalue weighted by Gasteiger charge is -2.44. The maximum absolute atomic E-state index is 12.5. The van der Waals surface area contributed by atoms with Gasteiger partial charge in [-0.1, -0.05) is 29.8 Å². The molecule has 3 fully saturated rings. The van der Waals surface area contributed by atoms with E-state index in [0.29, 0.717) is 17.2 Å². The van der Waals surface area contributed by atoms with Gasteiger partial charge in [-0.25, -0.2) is 0 Å². The van der Waals surface area contributed by atoms with E-state index in [9.17, 15) is 26.4 Å². The molecule has 3 aliphatic heterocycles. The second-order valence-corrected chi connectivity index (χ2v) is 10.7. The van der Waals surface area contributed by atoms with Crippen LogP contribution in [-0.4, -0.2) is 55.8 Å². The first-order valence-electron chi connectivity index (χ1n) is 11.9. The molecule has 8 nitrogen and oxygen atoms in total. The van der Waals surface area contributed by atoms with Gasteiger partial charge in [0.15, 0.2) is 5.76 Å². The van der Waals surface area contributed by atoms with Crippen molar-refractivity contribution in [3.8, 4) is 17.1 Å². The summed E-state index contributed by atoms with van der Waals surface area (Å²) < 4.78 is 76.2. The molecule has 1 amide bonds. The van der Waals surface area contributed by atoms with Gasteiger partial charge in [0.25, 0.3) is 16.0 Å². The molecule has 6 rings (SSSR count). The van der Waals surface area contributed by atoms with Crippen LogP contribution in [0.4, 0.5) is 13.2 Å². The average molecular weight is 553 g/mol. The maximum Gasteiger partial charge on any atom is 0.573 e. The minimum absolute atomic E-state index is 0.0666. The van der Waals surface area contributed by atoms with Crippen molar-refractivity contribution in [3.05, 3.63) is 72.0 Å². The quantitative estimate of drug-likeness (QED) is 0.433. The van der Waals surface area contributed by atoms with Gasteiger partial charge in [-0.15, -0.1) is 13.2 Å². The number of fused-ring (bicyclic) bond motifs is 3. The molecular formula is C26H27F3N2O6S. The number of alkyl halides is 3. The van der Waals surface area contributed by atoms with E-state index in [2.05, 4.69) is 15.0 Å². The van der Waals surface area contributed by atoms with E-state index in [4.69, 9.17) is 8.97 Å². The van der Waals surface area contributed by atoms with E-state index in [-0.39, 0.29) is 28.4 Å². The molecule has 2 N–H and O–H groups in total. The molecule has 0 aliphatic carbocycles. The van der Waals surface area contributed by atoms with Crippen molar-refractivity contribution in [2.24, 2.45) is 5.92 Å². The third kappa shape index (κ3) is 7.36. The zero-order chi connectivity index (χ0) is 27.5. The highest BCUT2D eigenvalue weighted by atomic mass is 32.2. The van der Waals surface area contributed by atoms with Crippen LogP contribution in [0.1, 0.15) is 29.0 Å². The molecule has 3 aromatic rings. The van der Waals surface area contributed by atoms with Crippen molar-refractivity contribution in [2.75, 3.05) is 19.6 Å². The van der Waals surface area contributed by atoms with Crippen molar-refractivity contribution in [3.63, 3.8) is 0 Å². The summed E-state index contributed by atoms with van der Waals surface area (Å²) in [6, 6.07) is 14.7. The van der Waals surface area contributed by atoms with Crippen molar-refractivity contribution < 1.29 is 40.1 Å². The summed E-state index contributed by atoms with van der Waals surface area (Å²) in [6.45, 7) is 4.85. The minimum atomic E-state index is -4.76. The summed E-state index contributed by atoms with van der Waals surface area (Å²) in [7, 11) is -4.02.